The van der Waals surface area contributed by atoms with E-state index in [0.29, 0.717) is 48.3 Å². The van der Waals surface area contributed by atoms with E-state index in [2.05, 4.69) is 0 Å². The van der Waals surface area contributed by atoms with Gasteiger partial charge in [0.2, 0.25) is 5.91 Å². The van der Waals surface area contributed by atoms with Crippen molar-refractivity contribution in [2.45, 2.75) is 25.8 Å². The van der Waals surface area contributed by atoms with Crippen molar-refractivity contribution < 1.29 is 19.1 Å². The first-order valence-corrected chi connectivity index (χ1v) is 12.9. The topological polar surface area (TPSA) is 59.1 Å². The lowest BCUT2D eigenvalue weighted by Crippen LogP contribution is -2.50. The molecular formula is C30H33ClN2O4. The van der Waals surface area contributed by atoms with Crippen molar-refractivity contribution in [3.8, 4) is 11.5 Å². The Morgan fingerprint density at radius 2 is 1.70 bits per heavy atom. The third-order valence-corrected chi connectivity index (χ3v) is 7.11. The molecule has 0 radical (unpaired) electrons. The zero-order chi connectivity index (χ0) is 26.3. The molecule has 0 aromatic heterocycles. The maximum absolute atomic E-state index is 13.5. The first kappa shape index (κ1) is 26.6. The quantitative estimate of drug-likeness (QED) is 0.363. The molecule has 1 aliphatic heterocycles. The van der Waals surface area contributed by atoms with Crippen LogP contribution in [-0.4, -0.2) is 55.5 Å². The summed E-state index contributed by atoms with van der Waals surface area (Å²) in [4.78, 5) is 30.6. The number of rotatable bonds is 9. The number of carbonyl (C=O) groups excluding carboxylic acids is 2. The second-order valence-corrected chi connectivity index (χ2v) is 10.1. The second-order valence-electron chi connectivity index (χ2n) is 9.69. The highest BCUT2D eigenvalue weighted by Crippen LogP contribution is 2.36. The average Bonchev–Trinajstić information content (AvgIpc) is 2.93. The molecule has 3 aromatic carbocycles. The molecule has 0 saturated carbocycles. The van der Waals surface area contributed by atoms with Gasteiger partial charge in [-0.05, 0) is 54.8 Å². The molecule has 1 atom stereocenters. The number of benzene rings is 3. The molecule has 6 nitrogen and oxygen atoms in total. The Labute approximate surface area is 223 Å². The molecule has 7 heteroatoms. The SMILES string of the molecule is COc1ccccc1C(=O)N1CCC[C@](COc2ccc(Cl)cc2)(CC(=O)N(C)Cc2ccccc2)C1. The van der Waals surface area contributed by atoms with Crippen LogP contribution in [0.3, 0.4) is 0 Å². The first-order valence-electron chi connectivity index (χ1n) is 12.5. The maximum Gasteiger partial charge on any atom is 0.257 e. The molecule has 1 heterocycles. The second kappa shape index (κ2) is 12.2. The summed E-state index contributed by atoms with van der Waals surface area (Å²) in [5, 5.41) is 0.631. The summed E-state index contributed by atoms with van der Waals surface area (Å²) >= 11 is 6.03. The van der Waals surface area contributed by atoms with Gasteiger partial charge < -0.3 is 19.3 Å². The highest BCUT2D eigenvalue weighted by molar-refractivity contribution is 6.30. The van der Waals surface area contributed by atoms with E-state index in [9.17, 15) is 9.59 Å². The van der Waals surface area contributed by atoms with Gasteiger partial charge in [0.15, 0.2) is 0 Å². The molecule has 0 spiro atoms. The molecule has 194 valence electrons. The molecule has 4 rings (SSSR count). The largest absolute Gasteiger partial charge is 0.496 e. The van der Waals surface area contributed by atoms with Crippen LogP contribution >= 0.6 is 11.6 Å². The predicted octanol–water partition coefficient (Wildman–Crippen LogP) is 5.70. The minimum atomic E-state index is -0.530. The van der Waals surface area contributed by atoms with E-state index in [1.807, 2.05) is 66.5 Å². The fourth-order valence-electron chi connectivity index (χ4n) is 4.85. The van der Waals surface area contributed by atoms with Crippen LogP contribution in [0.2, 0.25) is 5.02 Å². The van der Waals surface area contributed by atoms with Gasteiger partial charge in [0.1, 0.15) is 11.5 Å². The summed E-state index contributed by atoms with van der Waals surface area (Å²) in [7, 11) is 3.39. The zero-order valence-electron chi connectivity index (χ0n) is 21.4. The van der Waals surface area contributed by atoms with E-state index >= 15 is 0 Å². The number of nitrogens with zero attached hydrogens (tertiary/aromatic N) is 2. The number of carbonyl (C=O) groups is 2. The Hall–Kier alpha value is -3.51. The van der Waals surface area contributed by atoms with Crippen LogP contribution in [0.4, 0.5) is 0 Å². The Morgan fingerprint density at radius 3 is 2.43 bits per heavy atom. The fourth-order valence-corrected chi connectivity index (χ4v) is 4.98. The molecule has 0 N–H and O–H groups in total. The summed E-state index contributed by atoms with van der Waals surface area (Å²) in [6.07, 6.45) is 1.83. The van der Waals surface area contributed by atoms with Crippen LogP contribution in [0.5, 0.6) is 11.5 Å². The molecule has 1 saturated heterocycles. The molecule has 1 fully saturated rings. The van der Waals surface area contributed by atoms with Crippen molar-refractivity contribution in [2.75, 3.05) is 33.9 Å². The minimum absolute atomic E-state index is 0.0233. The number of likely N-dealkylation sites (tertiary alicyclic amines) is 1. The maximum atomic E-state index is 13.5. The third kappa shape index (κ3) is 6.83. The molecule has 2 amide bonds. The predicted molar refractivity (Wildman–Crippen MR) is 145 cm³/mol. The third-order valence-electron chi connectivity index (χ3n) is 6.86. The van der Waals surface area contributed by atoms with Gasteiger partial charge in [-0.15, -0.1) is 0 Å². The molecule has 37 heavy (non-hydrogen) atoms. The Morgan fingerprint density at radius 1 is 1.00 bits per heavy atom. The van der Waals surface area contributed by atoms with Crippen molar-refractivity contribution in [3.63, 3.8) is 0 Å². The van der Waals surface area contributed by atoms with Gasteiger partial charge in [0.05, 0.1) is 19.3 Å². The standard InChI is InChI=1S/C30H33ClN2O4/c1-32(20-23-9-4-3-5-10-23)28(34)19-30(22-37-25-15-13-24(31)14-16-25)17-8-18-33(21-30)29(35)26-11-6-7-12-27(26)36-2/h3-7,9-16H,8,17-22H2,1-2H3/t30-/m0/s1. The Bertz CT molecular complexity index is 1200. The van der Waals surface area contributed by atoms with E-state index < -0.39 is 5.41 Å². The monoisotopic (exact) mass is 520 g/mol. The van der Waals surface area contributed by atoms with Gasteiger partial charge in [-0.25, -0.2) is 0 Å². The molecule has 0 aliphatic carbocycles. The molecule has 1 aliphatic rings. The van der Waals surface area contributed by atoms with Crippen molar-refractivity contribution >= 4 is 23.4 Å². The van der Waals surface area contributed by atoms with Gasteiger partial charge in [0.25, 0.3) is 5.91 Å². The van der Waals surface area contributed by atoms with E-state index in [4.69, 9.17) is 21.1 Å². The van der Waals surface area contributed by atoms with Crippen molar-refractivity contribution in [1.29, 1.82) is 0 Å². The van der Waals surface area contributed by atoms with Crippen LogP contribution in [0.25, 0.3) is 0 Å². The number of methoxy groups -OCH3 is 1. The van der Waals surface area contributed by atoms with E-state index in [1.165, 1.54) is 0 Å². The summed E-state index contributed by atoms with van der Waals surface area (Å²) in [5.74, 6) is 1.15. The van der Waals surface area contributed by atoms with Crippen LogP contribution in [0, 0.1) is 5.41 Å². The number of hydrogen-bond donors (Lipinski definition) is 0. The number of halogens is 1. The van der Waals surface area contributed by atoms with E-state index in [1.54, 1.807) is 36.3 Å². The van der Waals surface area contributed by atoms with Crippen LogP contribution < -0.4 is 9.47 Å². The molecule has 3 aromatic rings. The van der Waals surface area contributed by atoms with Crippen LogP contribution in [-0.2, 0) is 11.3 Å². The first-order chi connectivity index (χ1) is 17.9. The number of hydrogen-bond acceptors (Lipinski definition) is 4. The normalized spacial score (nSPS) is 17.2. The molecular weight excluding hydrogens is 488 g/mol. The fraction of sp³-hybridized carbons (Fsp3) is 0.333. The zero-order valence-corrected chi connectivity index (χ0v) is 22.1. The van der Waals surface area contributed by atoms with E-state index in [0.717, 1.165) is 18.4 Å². The number of ether oxygens (including phenoxy) is 2. The van der Waals surface area contributed by atoms with Gasteiger partial charge in [-0.2, -0.15) is 0 Å². The summed E-state index contributed by atoms with van der Waals surface area (Å²) < 4.78 is 11.6. The van der Waals surface area contributed by atoms with Gasteiger partial charge in [0, 0.05) is 43.5 Å². The number of para-hydroxylation sites is 1. The molecule has 0 unspecified atom stereocenters. The van der Waals surface area contributed by atoms with Gasteiger partial charge in [-0.3, -0.25) is 9.59 Å². The lowest BCUT2D eigenvalue weighted by atomic mass is 9.77. The highest BCUT2D eigenvalue weighted by Gasteiger charge is 2.41. The van der Waals surface area contributed by atoms with Crippen molar-refractivity contribution in [1.82, 2.24) is 9.80 Å². The smallest absolute Gasteiger partial charge is 0.257 e. The average molecular weight is 521 g/mol. The molecule has 0 bridgehead atoms. The summed E-state index contributed by atoms with van der Waals surface area (Å²) in [6, 6.07) is 24.4. The number of amides is 2. The van der Waals surface area contributed by atoms with E-state index in [-0.39, 0.29) is 18.2 Å². The lowest BCUT2D eigenvalue weighted by molar-refractivity contribution is -0.134. The number of piperidine rings is 1. The van der Waals surface area contributed by atoms with Crippen molar-refractivity contribution in [3.05, 3.63) is 95.0 Å². The minimum Gasteiger partial charge on any atom is -0.496 e. The van der Waals surface area contributed by atoms with Crippen LogP contribution in [0.15, 0.2) is 78.9 Å². The lowest BCUT2D eigenvalue weighted by Gasteiger charge is -2.43. The summed E-state index contributed by atoms with van der Waals surface area (Å²) in [5.41, 5.74) is 1.06. The highest BCUT2D eigenvalue weighted by atomic mass is 35.5. The van der Waals surface area contributed by atoms with Crippen molar-refractivity contribution in [2.24, 2.45) is 5.41 Å². The van der Waals surface area contributed by atoms with Gasteiger partial charge >= 0.3 is 0 Å². The van der Waals surface area contributed by atoms with Gasteiger partial charge in [-0.1, -0.05) is 54.1 Å². The summed E-state index contributed by atoms with van der Waals surface area (Å²) in [6.45, 7) is 1.88. The Balaban J connectivity index is 1.54. The van der Waals surface area contributed by atoms with Crippen LogP contribution in [0.1, 0.15) is 35.2 Å². The Kier molecular flexibility index (Phi) is 8.72.